The highest BCUT2D eigenvalue weighted by Crippen LogP contribution is 2.22. The van der Waals surface area contributed by atoms with Crippen LogP contribution >= 0.6 is 11.3 Å². The first-order valence-electron chi connectivity index (χ1n) is 8.33. The molecule has 136 valence electrons. The minimum Gasteiger partial charge on any atom is -0.326 e. The molecule has 0 saturated carbocycles. The number of carbonyl (C=O) groups is 1. The molecule has 3 aromatic rings. The van der Waals surface area contributed by atoms with Gasteiger partial charge in [0.2, 0.25) is 15.9 Å². The van der Waals surface area contributed by atoms with Crippen molar-refractivity contribution in [3.63, 3.8) is 0 Å². The van der Waals surface area contributed by atoms with Crippen LogP contribution in [0.25, 0.3) is 4.96 Å². The molecule has 1 N–H and O–H groups in total. The molecule has 3 heterocycles. The molecule has 0 bridgehead atoms. The standard InChI is InChI=1S/C17H18N4O3S2/c22-16(11-14-12-20-9-10-25-17(20)19-14)18-13-3-5-15(6-4-13)26(23,24)21-7-1-2-8-21/h3-6,9-10,12H,1-2,7-8,11H2,(H,18,22). The summed E-state index contributed by atoms with van der Waals surface area (Å²) in [6, 6.07) is 6.31. The van der Waals surface area contributed by atoms with Crippen molar-refractivity contribution < 1.29 is 13.2 Å². The van der Waals surface area contributed by atoms with Crippen molar-refractivity contribution in [2.24, 2.45) is 0 Å². The van der Waals surface area contributed by atoms with E-state index < -0.39 is 10.0 Å². The van der Waals surface area contributed by atoms with Crippen molar-refractivity contribution in [3.05, 3.63) is 47.7 Å². The summed E-state index contributed by atoms with van der Waals surface area (Å²) in [5.41, 5.74) is 1.26. The van der Waals surface area contributed by atoms with Crippen molar-refractivity contribution >= 4 is 37.9 Å². The van der Waals surface area contributed by atoms with Gasteiger partial charge in [-0.1, -0.05) is 0 Å². The van der Waals surface area contributed by atoms with Crippen molar-refractivity contribution in [3.8, 4) is 0 Å². The Morgan fingerprint density at radius 1 is 1.19 bits per heavy atom. The van der Waals surface area contributed by atoms with E-state index in [4.69, 9.17) is 0 Å². The Morgan fingerprint density at radius 3 is 2.62 bits per heavy atom. The number of nitrogens with one attached hydrogen (secondary N) is 1. The van der Waals surface area contributed by atoms with Gasteiger partial charge in [0, 0.05) is 36.6 Å². The molecule has 4 rings (SSSR count). The topological polar surface area (TPSA) is 83.8 Å². The lowest BCUT2D eigenvalue weighted by Gasteiger charge is -2.15. The highest BCUT2D eigenvalue weighted by molar-refractivity contribution is 7.89. The molecule has 7 nitrogen and oxygen atoms in total. The van der Waals surface area contributed by atoms with E-state index in [9.17, 15) is 13.2 Å². The molecule has 0 atom stereocenters. The van der Waals surface area contributed by atoms with Crippen LogP contribution < -0.4 is 5.32 Å². The minimum atomic E-state index is -3.43. The number of benzene rings is 1. The number of anilines is 1. The van der Waals surface area contributed by atoms with Crippen molar-refractivity contribution in [2.45, 2.75) is 24.2 Å². The normalized spacial score (nSPS) is 15.5. The number of imidazole rings is 1. The average Bonchev–Trinajstić information content (AvgIpc) is 3.32. The van der Waals surface area contributed by atoms with E-state index in [0.717, 1.165) is 17.8 Å². The van der Waals surface area contributed by atoms with Gasteiger partial charge in [-0.15, -0.1) is 11.3 Å². The largest absolute Gasteiger partial charge is 0.326 e. The summed E-state index contributed by atoms with van der Waals surface area (Å²) in [5, 5.41) is 4.72. The van der Waals surface area contributed by atoms with E-state index >= 15 is 0 Å². The van der Waals surface area contributed by atoms with Crippen LogP contribution in [-0.4, -0.2) is 41.1 Å². The van der Waals surface area contributed by atoms with Gasteiger partial charge in [-0.05, 0) is 37.1 Å². The molecule has 0 spiro atoms. The Kier molecular flexibility index (Phi) is 4.51. The Morgan fingerprint density at radius 2 is 1.92 bits per heavy atom. The number of fused-ring (bicyclic) bond motifs is 1. The monoisotopic (exact) mass is 390 g/mol. The molecule has 1 fully saturated rings. The molecule has 1 saturated heterocycles. The quantitative estimate of drug-likeness (QED) is 0.725. The Bertz CT molecular complexity index is 1000. The molecule has 2 aromatic heterocycles. The van der Waals surface area contributed by atoms with E-state index in [2.05, 4.69) is 10.3 Å². The second-order valence-corrected chi connectivity index (χ2v) is 9.00. The van der Waals surface area contributed by atoms with Gasteiger partial charge in [0.15, 0.2) is 4.96 Å². The Balaban J connectivity index is 1.42. The number of carbonyl (C=O) groups excluding carboxylic acids is 1. The van der Waals surface area contributed by atoms with Gasteiger partial charge in [-0.25, -0.2) is 13.4 Å². The summed E-state index contributed by atoms with van der Waals surface area (Å²) in [4.78, 5) is 17.7. The lowest BCUT2D eigenvalue weighted by Crippen LogP contribution is -2.27. The summed E-state index contributed by atoms with van der Waals surface area (Å²) in [5.74, 6) is -0.189. The van der Waals surface area contributed by atoms with Crippen LogP contribution in [0.5, 0.6) is 0 Å². The first-order chi connectivity index (χ1) is 12.5. The number of rotatable bonds is 5. The van der Waals surface area contributed by atoms with Gasteiger partial charge in [0.25, 0.3) is 0 Å². The molecule has 1 aliphatic rings. The maximum absolute atomic E-state index is 12.5. The van der Waals surface area contributed by atoms with Crippen LogP contribution in [0, 0.1) is 0 Å². The fourth-order valence-corrected chi connectivity index (χ4v) is 5.25. The molecular formula is C17H18N4O3S2. The maximum atomic E-state index is 12.5. The number of thiazole rings is 1. The summed E-state index contributed by atoms with van der Waals surface area (Å²) in [6.45, 7) is 1.14. The summed E-state index contributed by atoms with van der Waals surface area (Å²) < 4.78 is 28.4. The van der Waals surface area contributed by atoms with Gasteiger partial charge < -0.3 is 5.32 Å². The van der Waals surface area contributed by atoms with Crippen molar-refractivity contribution in [1.82, 2.24) is 13.7 Å². The van der Waals surface area contributed by atoms with Crippen LogP contribution in [0.1, 0.15) is 18.5 Å². The van der Waals surface area contributed by atoms with Gasteiger partial charge >= 0.3 is 0 Å². The van der Waals surface area contributed by atoms with Gasteiger partial charge in [0.05, 0.1) is 17.0 Å². The van der Waals surface area contributed by atoms with Crippen LogP contribution in [0.4, 0.5) is 5.69 Å². The molecule has 1 amide bonds. The summed E-state index contributed by atoms with van der Waals surface area (Å²) in [6.07, 6.45) is 5.70. The molecule has 1 aromatic carbocycles. The predicted octanol–water partition coefficient (Wildman–Crippen LogP) is 2.36. The van der Waals surface area contributed by atoms with Gasteiger partial charge in [-0.2, -0.15) is 4.31 Å². The molecule has 26 heavy (non-hydrogen) atoms. The van der Waals surface area contributed by atoms with Crippen LogP contribution in [0.3, 0.4) is 0 Å². The van der Waals surface area contributed by atoms with E-state index in [1.807, 2.05) is 22.2 Å². The summed E-state index contributed by atoms with van der Waals surface area (Å²) >= 11 is 1.51. The van der Waals surface area contributed by atoms with E-state index in [-0.39, 0.29) is 17.2 Å². The lowest BCUT2D eigenvalue weighted by atomic mass is 10.3. The van der Waals surface area contributed by atoms with Crippen molar-refractivity contribution in [2.75, 3.05) is 18.4 Å². The van der Waals surface area contributed by atoms with Crippen LogP contribution in [0.2, 0.25) is 0 Å². The first kappa shape index (κ1) is 17.2. The minimum absolute atomic E-state index is 0.169. The zero-order valence-corrected chi connectivity index (χ0v) is 15.6. The third-order valence-corrected chi connectivity index (χ3v) is 7.01. The number of hydrogen-bond donors (Lipinski definition) is 1. The SMILES string of the molecule is O=C(Cc1cn2ccsc2n1)Nc1ccc(S(=O)(=O)N2CCCC2)cc1. The highest BCUT2D eigenvalue weighted by atomic mass is 32.2. The molecule has 0 unspecified atom stereocenters. The molecular weight excluding hydrogens is 372 g/mol. The van der Waals surface area contributed by atoms with Gasteiger partial charge in [0.1, 0.15) is 0 Å². The Labute approximate surface area is 155 Å². The third-order valence-electron chi connectivity index (χ3n) is 4.33. The highest BCUT2D eigenvalue weighted by Gasteiger charge is 2.26. The number of sulfonamides is 1. The van der Waals surface area contributed by atoms with Gasteiger partial charge in [-0.3, -0.25) is 9.20 Å². The van der Waals surface area contributed by atoms with Crippen molar-refractivity contribution in [1.29, 1.82) is 0 Å². The maximum Gasteiger partial charge on any atom is 0.243 e. The van der Waals surface area contributed by atoms with E-state index in [0.29, 0.717) is 24.5 Å². The smallest absolute Gasteiger partial charge is 0.243 e. The number of amides is 1. The second-order valence-electron chi connectivity index (χ2n) is 6.19. The molecule has 0 radical (unpaired) electrons. The predicted molar refractivity (Wildman–Crippen MR) is 99.8 cm³/mol. The van der Waals surface area contributed by atoms with Crippen LogP contribution in [0.15, 0.2) is 46.9 Å². The molecule has 1 aliphatic heterocycles. The Hall–Kier alpha value is -2.23. The average molecular weight is 390 g/mol. The zero-order valence-electron chi connectivity index (χ0n) is 14.0. The number of nitrogens with zero attached hydrogens (tertiary/aromatic N) is 3. The fourth-order valence-electron chi connectivity index (χ4n) is 3.02. The number of aromatic nitrogens is 2. The summed E-state index contributed by atoms with van der Waals surface area (Å²) in [7, 11) is -3.43. The zero-order chi connectivity index (χ0) is 18.1. The third kappa shape index (κ3) is 3.37. The molecule has 9 heteroatoms. The second kappa shape index (κ2) is 6.82. The molecule has 0 aliphatic carbocycles. The first-order valence-corrected chi connectivity index (χ1v) is 10.7. The lowest BCUT2D eigenvalue weighted by molar-refractivity contribution is -0.115. The van der Waals surface area contributed by atoms with Crippen LogP contribution in [-0.2, 0) is 21.2 Å². The van der Waals surface area contributed by atoms with E-state index in [1.54, 1.807) is 12.1 Å². The fraction of sp³-hybridized carbons (Fsp3) is 0.294. The number of hydrogen-bond acceptors (Lipinski definition) is 5. The van der Waals surface area contributed by atoms with E-state index in [1.165, 1.54) is 27.8 Å².